The molecule has 1 aliphatic heterocycles. The maximum Gasteiger partial charge on any atom is 0.407 e. The highest BCUT2D eigenvalue weighted by Gasteiger charge is 2.30. The molecular weight excluding hydrogens is 448 g/mol. The van der Waals surface area contributed by atoms with Crippen LogP contribution in [0.2, 0.25) is 0 Å². The molecule has 8 heteroatoms. The lowest BCUT2D eigenvalue weighted by Crippen LogP contribution is -2.47. The minimum Gasteiger partial charge on any atom is -0.481 e. The summed E-state index contributed by atoms with van der Waals surface area (Å²) in [6.45, 7) is 2.07. The number of fused-ring (bicyclic) bond motifs is 3. The zero-order valence-corrected chi connectivity index (χ0v) is 19.7. The Morgan fingerprint density at radius 3 is 2.26 bits per heavy atom. The largest absolute Gasteiger partial charge is 0.481 e. The van der Waals surface area contributed by atoms with Crippen molar-refractivity contribution in [2.75, 3.05) is 26.4 Å². The highest BCUT2D eigenvalue weighted by atomic mass is 16.5. The highest BCUT2D eigenvalue weighted by molar-refractivity contribution is 5.86. The molecule has 1 aliphatic carbocycles. The third-order valence-corrected chi connectivity index (χ3v) is 6.79. The monoisotopic (exact) mass is 480 g/mol. The number of aliphatic carboxylic acids is 1. The average molecular weight is 481 g/mol. The minimum absolute atomic E-state index is 0.0113. The zero-order valence-electron chi connectivity index (χ0n) is 19.7. The van der Waals surface area contributed by atoms with Crippen molar-refractivity contribution in [1.29, 1.82) is 0 Å². The second-order valence-electron chi connectivity index (χ2n) is 9.09. The van der Waals surface area contributed by atoms with Crippen LogP contribution < -0.4 is 10.6 Å². The van der Waals surface area contributed by atoms with Crippen LogP contribution in [0.5, 0.6) is 0 Å². The molecule has 0 spiro atoms. The van der Waals surface area contributed by atoms with Gasteiger partial charge in [-0.1, -0.05) is 48.5 Å². The standard InChI is InChI=1S/C27H32N2O6/c30-25(31)10-9-24(26(32)28-14-11-18-12-15-34-16-13-18)29-27(33)35-17-23-21-7-3-1-5-19(21)20-6-2-4-8-22(20)23/h1-8,18,23-24H,9-17H2,(H,28,32)(H,29,33)(H,30,31). The summed E-state index contributed by atoms with van der Waals surface area (Å²) in [5, 5.41) is 14.5. The van der Waals surface area contributed by atoms with E-state index in [1.807, 2.05) is 36.4 Å². The van der Waals surface area contributed by atoms with Gasteiger partial charge >= 0.3 is 12.1 Å². The van der Waals surface area contributed by atoms with Gasteiger partial charge in [0.25, 0.3) is 0 Å². The summed E-state index contributed by atoms with van der Waals surface area (Å²) in [5.74, 6) is -1.03. The smallest absolute Gasteiger partial charge is 0.407 e. The molecule has 186 valence electrons. The summed E-state index contributed by atoms with van der Waals surface area (Å²) in [6.07, 6.45) is 1.78. The predicted octanol–water partition coefficient (Wildman–Crippen LogP) is 3.69. The quantitative estimate of drug-likeness (QED) is 0.478. The molecule has 8 nitrogen and oxygen atoms in total. The highest BCUT2D eigenvalue weighted by Crippen LogP contribution is 2.44. The van der Waals surface area contributed by atoms with Crippen LogP contribution in [0.15, 0.2) is 48.5 Å². The fraction of sp³-hybridized carbons (Fsp3) is 0.444. The molecule has 2 aliphatic rings. The van der Waals surface area contributed by atoms with Crippen molar-refractivity contribution in [3.63, 3.8) is 0 Å². The molecule has 1 fully saturated rings. The summed E-state index contributed by atoms with van der Waals surface area (Å²) in [6, 6.07) is 15.1. The van der Waals surface area contributed by atoms with Gasteiger partial charge in [0, 0.05) is 32.1 Å². The molecule has 0 aromatic heterocycles. The van der Waals surface area contributed by atoms with Crippen molar-refractivity contribution >= 4 is 18.0 Å². The number of nitrogens with one attached hydrogen (secondary N) is 2. The summed E-state index contributed by atoms with van der Waals surface area (Å²) >= 11 is 0. The number of ether oxygens (including phenoxy) is 2. The third kappa shape index (κ3) is 6.39. The fourth-order valence-electron chi connectivity index (χ4n) is 4.88. The number of carbonyl (C=O) groups is 3. The first-order valence-corrected chi connectivity index (χ1v) is 12.2. The molecule has 1 unspecified atom stereocenters. The van der Waals surface area contributed by atoms with E-state index in [1.54, 1.807) is 0 Å². The molecule has 2 aromatic rings. The van der Waals surface area contributed by atoms with E-state index < -0.39 is 24.0 Å². The molecule has 2 aromatic carbocycles. The first-order chi connectivity index (χ1) is 17.0. The van der Waals surface area contributed by atoms with Crippen LogP contribution in [0, 0.1) is 5.92 Å². The predicted molar refractivity (Wildman–Crippen MR) is 130 cm³/mol. The Kier molecular flexibility index (Phi) is 8.36. The summed E-state index contributed by atoms with van der Waals surface area (Å²) in [7, 11) is 0. The van der Waals surface area contributed by atoms with Crippen LogP contribution in [0.3, 0.4) is 0 Å². The first kappa shape index (κ1) is 24.7. The second-order valence-corrected chi connectivity index (χ2v) is 9.09. The molecule has 0 bridgehead atoms. The number of carboxylic acid groups (broad SMARTS) is 1. The van der Waals surface area contributed by atoms with E-state index in [0.29, 0.717) is 12.5 Å². The lowest BCUT2D eigenvalue weighted by molar-refractivity contribution is -0.137. The minimum atomic E-state index is -1.03. The van der Waals surface area contributed by atoms with Crippen molar-refractivity contribution in [2.24, 2.45) is 5.92 Å². The SMILES string of the molecule is O=C(O)CCC(NC(=O)OCC1c2ccccc2-c2ccccc21)C(=O)NCCC1CCOCC1. The summed E-state index contributed by atoms with van der Waals surface area (Å²) in [4.78, 5) is 36.4. The van der Waals surface area contributed by atoms with Crippen LogP contribution in [-0.4, -0.2) is 55.5 Å². The number of rotatable bonds is 10. The number of hydrogen-bond acceptors (Lipinski definition) is 5. The maximum atomic E-state index is 12.7. The molecule has 1 saturated heterocycles. The Hall–Kier alpha value is -3.39. The van der Waals surface area contributed by atoms with Crippen LogP contribution in [0.25, 0.3) is 11.1 Å². The van der Waals surface area contributed by atoms with Gasteiger partial charge in [-0.15, -0.1) is 0 Å². The number of hydrogen-bond donors (Lipinski definition) is 3. The Labute approximate surface area is 205 Å². The molecule has 3 N–H and O–H groups in total. The maximum absolute atomic E-state index is 12.7. The zero-order chi connectivity index (χ0) is 24.6. The van der Waals surface area contributed by atoms with Crippen molar-refractivity contribution in [1.82, 2.24) is 10.6 Å². The van der Waals surface area contributed by atoms with Gasteiger partial charge in [-0.3, -0.25) is 9.59 Å². The Morgan fingerprint density at radius 1 is 1.00 bits per heavy atom. The normalized spacial score (nSPS) is 16.1. The summed E-state index contributed by atoms with van der Waals surface area (Å²) < 4.78 is 10.9. The Morgan fingerprint density at radius 2 is 1.63 bits per heavy atom. The second kappa shape index (κ2) is 11.8. The van der Waals surface area contributed by atoms with Crippen LogP contribution in [-0.2, 0) is 19.1 Å². The van der Waals surface area contributed by atoms with Crippen LogP contribution in [0.1, 0.15) is 49.1 Å². The third-order valence-electron chi connectivity index (χ3n) is 6.79. The van der Waals surface area contributed by atoms with E-state index in [9.17, 15) is 14.4 Å². The Bertz CT molecular complexity index is 1000. The lowest BCUT2D eigenvalue weighted by atomic mass is 9.96. The fourth-order valence-corrected chi connectivity index (χ4v) is 4.88. The van der Waals surface area contributed by atoms with E-state index >= 15 is 0 Å². The topological polar surface area (TPSA) is 114 Å². The number of benzene rings is 2. The van der Waals surface area contributed by atoms with Gasteiger partial charge in [0.1, 0.15) is 12.6 Å². The molecule has 1 atom stereocenters. The van der Waals surface area contributed by atoms with Crippen molar-refractivity contribution < 1.29 is 29.0 Å². The van der Waals surface area contributed by atoms with E-state index in [0.717, 1.165) is 54.7 Å². The number of alkyl carbamates (subject to hydrolysis) is 1. The molecular formula is C27H32N2O6. The van der Waals surface area contributed by atoms with Crippen molar-refractivity contribution in [3.8, 4) is 11.1 Å². The van der Waals surface area contributed by atoms with Gasteiger partial charge in [-0.05, 0) is 53.9 Å². The van der Waals surface area contributed by atoms with E-state index in [2.05, 4.69) is 22.8 Å². The molecule has 0 saturated carbocycles. The molecule has 35 heavy (non-hydrogen) atoms. The first-order valence-electron chi connectivity index (χ1n) is 12.2. The number of amides is 2. The van der Waals surface area contributed by atoms with E-state index in [1.165, 1.54) is 0 Å². The molecule has 1 heterocycles. The van der Waals surface area contributed by atoms with Crippen molar-refractivity contribution in [2.45, 2.75) is 44.1 Å². The van der Waals surface area contributed by atoms with Gasteiger partial charge in [-0.2, -0.15) is 0 Å². The number of carbonyl (C=O) groups excluding carboxylic acids is 2. The lowest BCUT2D eigenvalue weighted by Gasteiger charge is -2.23. The van der Waals surface area contributed by atoms with Gasteiger partial charge in [-0.25, -0.2) is 4.79 Å². The van der Waals surface area contributed by atoms with Crippen LogP contribution >= 0.6 is 0 Å². The summed E-state index contributed by atoms with van der Waals surface area (Å²) in [5.41, 5.74) is 4.44. The molecule has 0 radical (unpaired) electrons. The molecule has 2 amide bonds. The molecule has 4 rings (SSSR count). The van der Waals surface area contributed by atoms with Gasteiger partial charge in [0.2, 0.25) is 5.91 Å². The number of carboxylic acids is 1. The van der Waals surface area contributed by atoms with E-state index in [-0.39, 0.29) is 25.4 Å². The van der Waals surface area contributed by atoms with Crippen LogP contribution in [0.4, 0.5) is 4.79 Å². The van der Waals surface area contributed by atoms with Gasteiger partial charge in [0.15, 0.2) is 0 Å². The van der Waals surface area contributed by atoms with E-state index in [4.69, 9.17) is 14.6 Å². The van der Waals surface area contributed by atoms with Gasteiger partial charge in [0.05, 0.1) is 0 Å². The van der Waals surface area contributed by atoms with Crippen molar-refractivity contribution in [3.05, 3.63) is 59.7 Å². The average Bonchev–Trinajstić information content (AvgIpc) is 3.19. The van der Waals surface area contributed by atoms with Gasteiger partial charge < -0.3 is 25.2 Å². The Balaban J connectivity index is 1.32.